The zero-order valence-corrected chi connectivity index (χ0v) is 11.0. The quantitative estimate of drug-likeness (QED) is 0.869. The monoisotopic (exact) mass is 250 g/mol. The van der Waals surface area contributed by atoms with Gasteiger partial charge in [0, 0.05) is 25.7 Å². The van der Waals surface area contributed by atoms with E-state index in [1.54, 1.807) is 0 Å². The highest BCUT2D eigenvalue weighted by atomic mass is 35.5. The standard InChI is InChI=1S/C14H19ClN2/c1-10-2-5-14(12(15)8-10)17-7-6-16-13(9-17)11-3-4-11/h2,5,8,11,13,16H,3-4,6-7,9H2,1H3. The molecule has 2 fully saturated rings. The van der Waals surface area contributed by atoms with Crippen LogP contribution < -0.4 is 10.2 Å². The van der Waals surface area contributed by atoms with Crippen LogP contribution >= 0.6 is 11.6 Å². The first-order chi connectivity index (χ1) is 8.24. The van der Waals surface area contributed by atoms with E-state index in [0.29, 0.717) is 6.04 Å². The van der Waals surface area contributed by atoms with E-state index in [1.165, 1.54) is 24.1 Å². The van der Waals surface area contributed by atoms with Crippen molar-refractivity contribution in [2.45, 2.75) is 25.8 Å². The van der Waals surface area contributed by atoms with Crippen molar-refractivity contribution in [3.8, 4) is 0 Å². The Labute approximate surface area is 108 Å². The Morgan fingerprint density at radius 3 is 2.88 bits per heavy atom. The van der Waals surface area contributed by atoms with Crippen molar-refractivity contribution in [1.82, 2.24) is 5.32 Å². The van der Waals surface area contributed by atoms with Crippen molar-refractivity contribution >= 4 is 17.3 Å². The van der Waals surface area contributed by atoms with Crippen LogP contribution in [0.15, 0.2) is 18.2 Å². The Hall–Kier alpha value is -0.730. The molecule has 2 nitrogen and oxygen atoms in total. The minimum absolute atomic E-state index is 0.668. The highest BCUT2D eigenvalue weighted by Gasteiger charge is 2.34. The van der Waals surface area contributed by atoms with Gasteiger partial charge >= 0.3 is 0 Å². The summed E-state index contributed by atoms with van der Waals surface area (Å²) in [4.78, 5) is 2.43. The first-order valence-corrected chi connectivity index (χ1v) is 6.86. The molecule has 92 valence electrons. The van der Waals surface area contributed by atoms with Gasteiger partial charge in [0.25, 0.3) is 0 Å². The van der Waals surface area contributed by atoms with E-state index in [4.69, 9.17) is 11.6 Å². The Bertz CT molecular complexity index is 415. The Kier molecular flexibility index (Phi) is 3.01. The third kappa shape index (κ3) is 2.43. The third-order valence-corrected chi connectivity index (χ3v) is 4.14. The van der Waals surface area contributed by atoms with E-state index in [2.05, 4.69) is 35.3 Å². The molecule has 0 radical (unpaired) electrons. The number of nitrogens with zero attached hydrogens (tertiary/aromatic N) is 1. The molecular weight excluding hydrogens is 232 g/mol. The molecule has 2 aliphatic rings. The molecule has 1 saturated heterocycles. The molecule has 0 amide bonds. The Morgan fingerprint density at radius 2 is 2.18 bits per heavy atom. The maximum Gasteiger partial charge on any atom is 0.0642 e. The van der Waals surface area contributed by atoms with Crippen LogP contribution in [0.1, 0.15) is 18.4 Å². The van der Waals surface area contributed by atoms with Crippen LogP contribution in [0.5, 0.6) is 0 Å². The molecular formula is C14H19ClN2. The molecule has 1 aliphatic heterocycles. The molecule has 1 aromatic rings. The molecule has 0 bridgehead atoms. The number of halogens is 1. The van der Waals surface area contributed by atoms with E-state index in [-0.39, 0.29) is 0 Å². The number of benzene rings is 1. The summed E-state index contributed by atoms with van der Waals surface area (Å²) in [7, 11) is 0. The van der Waals surface area contributed by atoms with Gasteiger partial charge in [-0.1, -0.05) is 17.7 Å². The van der Waals surface area contributed by atoms with Crippen LogP contribution in [-0.4, -0.2) is 25.7 Å². The number of aryl methyl sites for hydroxylation is 1. The first-order valence-electron chi connectivity index (χ1n) is 6.48. The number of hydrogen-bond acceptors (Lipinski definition) is 2. The molecule has 17 heavy (non-hydrogen) atoms. The van der Waals surface area contributed by atoms with Gasteiger partial charge in [0.2, 0.25) is 0 Å². The van der Waals surface area contributed by atoms with Crippen molar-refractivity contribution in [2.24, 2.45) is 5.92 Å². The highest BCUT2D eigenvalue weighted by molar-refractivity contribution is 6.33. The van der Waals surface area contributed by atoms with Gasteiger partial charge in [0.15, 0.2) is 0 Å². The minimum Gasteiger partial charge on any atom is -0.367 e. The molecule has 1 aliphatic carbocycles. The predicted octanol–water partition coefficient (Wildman–Crippen LogP) is 2.84. The molecule has 0 aromatic heterocycles. The molecule has 3 rings (SSSR count). The maximum atomic E-state index is 6.34. The number of nitrogens with one attached hydrogen (secondary N) is 1. The van der Waals surface area contributed by atoms with Crippen LogP contribution in [0, 0.1) is 12.8 Å². The minimum atomic E-state index is 0.668. The van der Waals surface area contributed by atoms with Crippen LogP contribution in [0.25, 0.3) is 0 Å². The summed E-state index contributed by atoms with van der Waals surface area (Å²) in [6, 6.07) is 7.04. The van der Waals surface area contributed by atoms with Crippen molar-refractivity contribution in [3.05, 3.63) is 28.8 Å². The maximum absolute atomic E-state index is 6.34. The van der Waals surface area contributed by atoms with Gasteiger partial charge in [-0.3, -0.25) is 0 Å². The van der Waals surface area contributed by atoms with Crippen molar-refractivity contribution < 1.29 is 0 Å². The molecule has 1 atom stereocenters. The lowest BCUT2D eigenvalue weighted by Gasteiger charge is -2.36. The molecule has 1 saturated carbocycles. The number of hydrogen-bond donors (Lipinski definition) is 1. The molecule has 3 heteroatoms. The van der Waals surface area contributed by atoms with Gasteiger partial charge in [-0.2, -0.15) is 0 Å². The summed E-state index contributed by atoms with van der Waals surface area (Å²) < 4.78 is 0. The van der Waals surface area contributed by atoms with Crippen LogP contribution in [0.2, 0.25) is 5.02 Å². The smallest absolute Gasteiger partial charge is 0.0642 e. The lowest BCUT2D eigenvalue weighted by atomic mass is 10.1. The van der Waals surface area contributed by atoms with Crippen molar-refractivity contribution in [1.29, 1.82) is 0 Å². The van der Waals surface area contributed by atoms with Gasteiger partial charge < -0.3 is 10.2 Å². The zero-order valence-electron chi connectivity index (χ0n) is 10.2. The van der Waals surface area contributed by atoms with Gasteiger partial charge in [-0.25, -0.2) is 0 Å². The summed E-state index contributed by atoms with van der Waals surface area (Å²) in [5.41, 5.74) is 2.43. The van der Waals surface area contributed by atoms with E-state index in [9.17, 15) is 0 Å². The van der Waals surface area contributed by atoms with Gasteiger partial charge in [0.05, 0.1) is 10.7 Å². The van der Waals surface area contributed by atoms with Crippen LogP contribution in [-0.2, 0) is 0 Å². The van der Waals surface area contributed by atoms with Crippen molar-refractivity contribution in [2.75, 3.05) is 24.5 Å². The van der Waals surface area contributed by atoms with E-state index < -0.39 is 0 Å². The summed E-state index contributed by atoms with van der Waals surface area (Å²) in [6.45, 7) is 5.32. The highest BCUT2D eigenvalue weighted by Crippen LogP contribution is 2.35. The van der Waals surface area contributed by atoms with Gasteiger partial charge in [-0.05, 0) is 43.4 Å². The van der Waals surface area contributed by atoms with Gasteiger partial charge in [0.1, 0.15) is 0 Å². The lowest BCUT2D eigenvalue weighted by molar-refractivity contribution is 0.419. The third-order valence-electron chi connectivity index (χ3n) is 3.84. The number of piperazine rings is 1. The number of anilines is 1. The average Bonchev–Trinajstić information content (AvgIpc) is 3.13. The van der Waals surface area contributed by atoms with E-state index in [1.807, 2.05) is 0 Å². The first kappa shape index (κ1) is 11.4. The second kappa shape index (κ2) is 4.51. The van der Waals surface area contributed by atoms with E-state index >= 15 is 0 Å². The molecule has 1 aromatic carbocycles. The molecule has 1 heterocycles. The Morgan fingerprint density at radius 1 is 1.35 bits per heavy atom. The summed E-state index contributed by atoms with van der Waals surface area (Å²) in [5.74, 6) is 0.905. The SMILES string of the molecule is Cc1ccc(N2CCNC(C3CC3)C2)c(Cl)c1. The fourth-order valence-electron chi connectivity index (χ4n) is 2.68. The second-order valence-electron chi connectivity index (χ2n) is 5.30. The van der Waals surface area contributed by atoms with Crippen LogP contribution in [0.4, 0.5) is 5.69 Å². The second-order valence-corrected chi connectivity index (χ2v) is 5.71. The molecule has 0 spiro atoms. The fourth-order valence-corrected chi connectivity index (χ4v) is 3.03. The summed E-state index contributed by atoms with van der Waals surface area (Å²) >= 11 is 6.34. The summed E-state index contributed by atoms with van der Waals surface area (Å²) in [6.07, 6.45) is 2.79. The predicted molar refractivity (Wildman–Crippen MR) is 72.9 cm³/mol. The average molecular weight is 251 g/mol. The van der Waals surface area contributed by atoms with Gasteiger partial charge in [-0.15, -0.1) is 0 Å². The Balaban J connectivity index is 1.77. The van der Waals surface area contributed by atoms with E-state index in [0.717, 1.165) is 30.6 Å². The lowest BCUT2D eigenvalue weighted by Crippen LogP contribution is -2.51. The molecule has 1 N–H and O–H groups in total. The normalized spacial score (nSPS) is 25.1. The number of rotatable bonds is 2. The summed E-state index contributed by atoms with van der Waals surface area (Å²) in [5, 5.41) is 4.52. The fraction of sp³-hybridized carbons (Fsp3) is 0.571. The molecule has 1 unspecified atom stereocenters. The van der Waals surface area contributed by atoms with Crippen molar-refractivity contribution in [3.63, 3.8) is 0 Å². The van der Waals surface area contributed by atoms with Crippen LogP contribution in [0.3, 0.4) is 0 Å². The zero-order chi connectivity index (χ0) is 11.8. The largest absolute Gasteiger partial charge is 0.367 e. The topological polar surface area (TPSA) is 15.3 Å².